The minimum absolute atomic E-state index is 0.0338. The highest BCUT2D eigenvalue weighted by atomic mass is 16.5. The van der Waals surface area contributed by atoms with E-state index in [9.17, 15) is 0 Å². The largest absolute Gasteiger partial charge is 0.358 e. The zero-order valence-corrected chi connectivity index (χ0v) is 15.3. The minimum atomic E-state index is -0.333. The van der Waals surface area contributed by atoms with Crippen molar-refractivity contribution in [2.75, 3.05) is 6.61 Å². The third kappa shape index (κ3) is 3.55. The van der Waals surface area contributed by atoms with Gasteiger partial charge in [0, 0.05) is 11.0 Å². The van der Waals surface area contributed by atoms with Crippen molar-refractivity contribution in [1.82, 2.24) is 5.32 Å². The SMILES string of the molecule is CCCCCc1ccc(C(C)(C)C2(C)NC(C)(C)CO2)cc1. The van der Waals surface area contributed by atoms with Gasteiger partial charge in [-0.3, -0.25) is 5.32 Å². The van der Waals surface area contributed by atoms with Gasteiger partial charge < -0.3 is 4.74 Å². The van der Waals surface area contributed by atoms with E-state index in [1.165, 1.54) is 36.8 Å². The average molecular weight is 303 g/mol. The second kappa shape index (κ2) is 6.33. The van der Waals surface area contributed by atoms with Gasteiger partial charge in [-0.2, -0.15) is 0 Å². The second-order valence-electron chi connectivity index (χ2n) is 8.11. The molecule has 22 heavy (non-hydrogen) atoms. The smallest absolute Gasteiger partial charge is 0.126 e. The molecule has 1 unspecified atom stereocenters. The number of rotatable bonds is 6. The molecule has 1 atom stereocenters. The van der Waals surface area contributed by atoms with Crippen molar-refractivity contribution in [1.29, 1.82) is 0 Å². The number of hydrogen-bond donors (Lipinski definition) is 1. The summed E-state index contributed by atoms with van der Waals surface area (Å²) < 4.78 is 6.17. The molecule has 1 heterocycles. The van der Waals surface area contributed by atoms with Crippen LogP contribution in [0, 0.1) is 0 Å². The monoisotopic (exact) mass is 303 g/mol. The molecular weight excluding hydrogens is 270 g/mol. The lowest BCUT2D eigenvalue weighted by Gasteiger charge is -2.42. The lowest BCUT2D eigenvalue weighted by atomic mass is 9.75. The summed E-state index contributed by atoms with van der Waals surface area (Å²) in [7, 11) is 0. The molecule has 1 saturated heterocycles. The summed E-state index contributed by atoms with van der Waals surface area (Å²) in [5, 5.41) is 3.68. The Morgan fingerprint density at radius 1 is 1.09 bits per heavy atom. The number of unbranched alkanes of at least 4 members (excludes halogenated alkanes) is 2. The van der Waals surface area contributed by atoms with Crippen molar-refractivity contribution >= 4 is 0 Å². The maximum Gasteiger partial charge on any atom is 0.126 e. The van der Waals surface area contributed by atoms with Gasteiger partial charge in [0.1, 0.15) is 5.72 Å². The van der Waals surface area contributed by atoms with Gasteiger partial charge in [0.25, 0.3) is 0 Å². The van der Waals surface area contributed by atoms with E-state index >= 15 is 0 Å². The van der Waals surface area contributed by atoms with Crippen LogP contribution in [0.1, 0.15) is 71.9 Å². The van der Waals surface area contributed by atoms with Crippen LogP contribution in [0.15, 0.2) is 24.3 Å². The molecule has 2 nitrogen and oxygen atoms in total. The molecule has 1 aliphatic rings. The fourth-order valence-corrected chi connectivity index (χ4v) is 3.32. The Morgan fingerprint density at radius 3 is 2.23 bits per heavy atom. The van der Waals surface area contributed by atoms with Crippen LogP contribution >= 0.6 is 0 Å². The molecule has 0 saturated carbocycles. The molecule has 0 aliphatic carbocycles. The lowest BCUT2D eigenvalue weighted by molar-refractivity contribution is -0.0493. The molecule has 1 aliphatic heterocycles. The zero-order valence-electron chi connectivity index (χ0n) is 15.3. The van der Waals surface area contributed by atoms with E-state index < -0.39 is 0 Å². The van der Waals surface area contributed by atoms with E-state index in [1.807, 2.05) is 0 Å². The van der Waals surface area contributed by atoms with E-state index in [2.05, 4.69) is 71.1 Å². The molecule has 2 heteroatoms. The Morgan fingerprint density at radius 2 is 1.73 bits per heavy atom. The second-order valence-corrected chi connectivity index (χ2v) is 8.11. The third-order valence-corrected chi connectivity index (χ3v) is 5.24. The fourth-order valence-electron chi connectivity index (χ4n) is 3.32. The first kappa shape index (κ1) is 17.5. The summed E-state index contributed by atoms with van der Waals surface area (Å²) in [5.41, 5.74) is 2.40. The van der Waals surface area contributed by atoms with Crippen LogP contribution in [0.5, 0.6) is 0 Å². The van der Waals surface area contributed by atoms with Crippen LogP contribution in [0.4, 0.5) is 0 Å². The molecule has 0 radical (unpaired) electrons. The predicted octanol–water partition coefficient (Wildman–Crippen LogP) is 4.81. The van der Waals surface area contributed by atoms with E-state index in [0.717, 1.165) is 6.61 Å². The normalized spacial score (nSPS) is 24.6. The molecule has 1 aromatic rings. The van der Waals surface area contributed by atoms with E-state index in [1.54, 1.807) is 0 Å². The molecule has 2 rings (SSSR count). The highest BCUT2D eigenvalue weighted by molar-refractivity contribution is 5.31. The maximum atomic E-state index is 6.17. The first-order valence-electron chi connectivity index (χ1n) is 8.73. The van der Waals surface area contributed by atoms with Crippen LogP contribution in [0.3, 0.4) is 0 Å². The van der Waals surface area contributed by atoms with Crippen LogP contribution in [-0.2, 0) is 16.6 Å². The van der Waals surface area contributed by atoms with Crippen molar-refractivity contribution in [3.63, 3.8) is 0 Å². The van der Waals surface area contributed by atoms with Gasteiger partial charge in [0.05, 0.1) is 6.61 Å². The summed E-state index contributed by atoms with van der Waals surface area (Å²) in [4.78, 5) is 0. The van der Waals surface area contributed by atoms with Crippen molar-refractivity contribution in [2.24, 2.45) is 0 Å². The fraction of sp³-hybridized carbons (Fsp3) is 0.700. The van der Waals surface area contributed by atoms with Crippen molar-refractivity contribution in [3.05, 3.63) is 35.4 Å². The van der Waals surface area contributed by atoms with Crippen molar-refractivity contribution in [2.45, 2.75) is 83.9 Å². The molecule has 124 valence electrons. The van der Waals surface area contributed by atoms with Gasteiger partial charge in [-0.15, -0.1) is 0 Å². The van der Waals surface area contributed by atoms with Gasteiger partial charge in [-0.25, -0.2) is 0 Å². The lowest BCUT2D eigenvalue weighted by Crippen LogP contribution is -2.57. The summed E-state index contributed by atoms with van der Waals surface area (Å²) in [6, 6.07) is 9.14. The standard InChI is InChI=1S/C20H33NO/c1-7-8-9-10-16-11-13-17(14-12-16)19(4,5)20(6)21-18(2,3)15-22-20/h11-14,21H,7-10,15H2,1-6H3. The van der Waals surface area contributed by atoms with Gasteiger partial charge in [0.2, 0.25) is 0 Å². The van der Waals surface area contributed by atoms with E-state index in [4.69, 9.17) is 4.74 Å². The maximum absolute atomic E-state index is 6.17. The molecule has 1 aromatic carbocycles. The molecule has 0 spiro atoms. The predicted molar refractivity (Wildman–Crippen MR) is 94.3 cm³/mol. The van der Waals surface area contributed by atoms with Crippen molar-refractivity contribution < 1.29 is 4.74 Å². The molecule has 0 bridgehead atoms. The average Bonchev–Trinajstić information content (AvgIpc) is 2.75. The summed E-state index contributed by atoms with van der Waals surface area (Å²) in [6.07, 6.45) is 5.07. The first-order valence-corrected chi connectivity index (χ1v) is 8.73. The first-order chi connectivity index (χ1) is 10.2. The summed E-state index contributed by atoms with van der Waals surface area (Å²) in [5.74, 6) is 0. The molecule has 1 N–H and O–H groups in total. The highest BCUT2D eigenvalue weighted by Crippen LogP contribution is 2.40. The molecular formula is C20H33NO. The molecule has 0 amide bonds. The zero-order chi connectivity index (χ0) is 16.4. The van der Waals surface area contributed by atoms with Gasteiger partial charge in [0.15, 0.2) is 0 Å². The third-order valence-electron chi connectivity index (χ3n) is 5.24. The van der Waals surface area contributed by atoms with E-state index in [0.29, 0.717) is 0 Å². The van der Waals surface area contributed by atoms with Gasteiger partial charge >= 0.3 is 0 Å². The topological polar surface area (TPSA) is 21.3 Å². The van der Waals surface area contributed by atoms with Crippen LogP contribution in [0.2, 0.25) is 0 Å². The summed E-state index contributed by atoms with van der Waals surface area (Å²) >= 11 is 0. The van der Waals surface area contributed by atoms with Crippen LogP contribution in [0.25, 0.3) is 0 Å². The number of aryl methyl sites for hydroxylation is 1. The number of ether oxygens (including phenoxy) is 1. The van der Waals surface area contributed by atoms with Crippen LogP contribution < -0.4 is 5.32 Å². The number of hydrogen-bond acceptors (Lipinski definition) is 2. The van der Waals surface area contributed by atoms with Crippen LogP contribution in [-0.4, -0.2) is 17.9 Å². The summed E-state index contributed by atoms with van der Waals surface area (Å²) in [6.45, 7) is 14.1. The van der Waals surface area contributed by atoms with E-state index in [-0.39, 0.29) is 16.7 Å². The number of nitrogens with one attached hydrogen (secondary N) is 1. The Labute approximate surface area is 136 Å². The molecule has 0 aromatic heterocycles. The minimum Gasteiger partial charge on any atom is -0.358 e. The Bertz CT molecular complexity index is 489. The van der Waals surface area contributed by atoms with Gasteiger partial charge in [-0.1, -0.05) is 57.9 Å². The Hall–Kier alpha value is -0.860. The highest BCUT2D eigenvalue weighted by Gasteiger charge is 2.50. The van der Waals surface area contributed by atoms with Gasteiger partial charge in [-0.05, 0) is 44.7 Å². The number of benzene rings is 1. The Kier molecular flexibility index (Phi) is 5.03. The quantitative estimate of drug-likeness (QED) is 0.761. The Balaban J connectivity index is 2.12. The van der Waals surface area contributed by atoms with Crippen molar-refractivity contribution in [3.8, 4) is 0 Å². The molecule has 1 fully saturated rings.